The molecule has 21 heavy (non-hydrogen) atoms. The van der Waals surface area contributed by atoms with Gasteiger partial charge in [0.05, 0.1) is 12.1 Å². The first-order chi connectivity index (χ1) is 9.97. The van der Waals surface area contributed by atoms with E-state index in [0.717, 1.165) is 24.6 Å². The predicted octanol–water partition coefficient (Wildman–Crippen LogP) is 3.77. The summed E-state index contributed by atoms with van der Waals surface area (Å²) < 4.78 is 26.7. The molecular formula is C16H17F2NOS. The first-order valence-corrected chi connectivity index (χ1v) is 7.56. The van der Waals surface area contributed by atoms with Crippen molar-refractivity contribution in [2.24, 2.45) is 0 Å². The van der Waals surface area contributed by atoms with Gasteiger partial charge in [-0.15, -0.1) is 11.3 Å². The Kier molecular flexibility index (Phi) is 5.20. The van der Waals surface area contributed by atoms with Gasteiger partial charge >= 0.3 is 0 Å². The summed E-state index contributed by atoms with van der Waals surface area (Å²) in [6.45, 7) is 2.07. The van der Waals surface area contributed by atoms with E-state index in [1.807, 2.05) is 36.4 Å². The fraction of sp³-hybridized carbons (Fsp3) is 0.312. The van der Waals surface area contributed by atoms with Crippen LogP contribution in [0.4, 0.5) is 8.78 Å². The molecule has 0 spiro atoms. The van der Waals surface area contributed by atoms with E-state index < -0.39 is 17.4 Å². The van der Waals surface area contributed by atoms with Crippen molar-refractivity contribution < 1.29 is 13.6 Å². The molecule has 5 heteroatoms. The third-order valence-corrected chi connectivity index (χ3v) is 4.35. The van der Waals surface area contributed by atoms with Gasteiger partial charge in [-0.3, -0.25) is 9.69 Å². The highest BCUT2D eigenvalue weighted by Gasteiger charge is 2.18. The van der Waals surface area contributed by atoms with E-state index in [-0.39, 0.29) is 18.2 Å². The van der Waals surface area contributed by atoms with Gasteiger partial charge in [0.15, 0.2) is 5.78 Å². The van der Waals surface area contributed by atoms with E-state index in [1.54, 1.807) is 11.3 Å². The third kappa shape index (κ3) is 4.19. The maximum Gasteiger partial charge on any atom is 0.179 e. The lowest BCUT2D eigenvalue weighted by Crippen LogP contribution is -2.35. The molecule has 2 aromatic rings. The molecule has 0 aliphatic heterocycles. The summed E-state index contributed by atoms with van der Waals surface area (Å²) in [5.41, 5.74) is -0.190. The number of ketones is 1. The normalized spacial score (nSPS) is 12.6. The smallest absolute Gasteiger partial charge is 0.179 e. The van der Waals surface area contributed by atoms with E-state index in [4.69, 9.17) is 0 Å². The fourth-order valence-corrected chi connectivity index (χ4v) is 2.88. The molecule has 0 fully saturated rings. The Balaban J connectivity index is 1.99. The maximum absolute atomic E-state index is 13.6. The van der Waals surface area contributed by atoms with Gasteiger partial charge in [-0.1, -0.05) is 6.07 Å². The molecule has 0 bridgehead atoms. The standard InChI is InChI=1S/C16H17F2NOS/c1-11(8-13-4-3-7-21-13)19(2)10-16(20)14-9-12(17)5-6-15(14)18/h3-7,9,11H,8,10H2,1-2H3. The van der Waals surface area contributed by atoms with Crippen molar-refractivity contribution in [2.45, 2.75) is 19.4 Å². The highest BCUT2D eigenvalue weighted by atomic mass is 32.1. The zero-order valence-electron chi connectivity index (χ0n) is 12.0. The molecule has 0 aliphatic carbocycles. The lowest BCUT2D eigenvalue weighted by atomic mass is 10.1. The van der Waals surface area contributed by atoms with Crippen molar-refractivity contribution in [3.63, 3.8) is 0 Å². The number of nitrogens with zero attached hydrogens (tertiary/aromatic N) is 1. The van der Waals surface area contributed by atoms with Crippen LogP contribution in [0.25, 0.3) is 0 Å². The number of rotatable bonds is 6. The quantitative estimate of drug-likeness (QED) is 0.757. The molecule has 1 aromatic heterocycles. The number of hydrogen-bond donors (Lipinski definition) is 0. The summed E-state index contributed by atoms with van der Waals surface area (Å²) in [5, 5.41) is 2.01. The second-order valence-corrected chi connectivity index (χ2v) is 6.13. The summed E-state index contributed by atoms with van der Waals surface area (Å²) in [6, 6.07) is 7.12. The van der Waals surface area contributed by atoms with Crippen molar-refractivity contribution in [3.8, 4) is 0 Å². The van der Waals surface area contributed by atoms with Crippen LogP contribution in [0.15, 0.2) is 35.7 Å². The van der Waals surface area contributed by atoms with Crippen LogP contribution in [-0.2, 0) is 6.42 Å². The summed E-state index contributed by atoms with van der Waals surface area (Å²) in [7, 11) is 1.81. The molecule has 2 nitrogen and oxygen atoms in total. The highest BCUT2D eigenvalue weighted by Crippen LogP contribution is 2.15. The van der Waals surface area contributed by atoms with Gasteiger partial charge < -0.3 is 0 Å². The number of thiophene rings is 1. The van der Waals surface area contributed by atoms with Crippen molar-refractivity contribution in [2.75, 3.05) is 13.6 Å². The first kappa shape index (κ1) is 15.8. The van der Waals surface area contributed by atoms with Crippen LogP contribution in [0.3, 0.4) is 0 Å². The predicted molar refractivity (Wildman–Crippen MR) is 80.8 cm³/mol. The van der Waals surface area contributed by atoms with Gasteiger partial charge in [0.1, 0.15) is 11.6 Å². The van der Waals surface area contributed by atoms with Crippen LogP contribution in [-0.4, -0.2) is 30.3 Å². The minimum Gasteiger partial charge on any atom is -0.296 e. The van der Waals surface area contributed by atoms with Crippen molar-refractivity contribution in [3.05, 3.63) is 57.8 Å². The number of carbonyl (C=O) groups is 1. The van der Waals surface area contributed by atoms with Gasteiger partial charge in [0.2, 0.25) is 0 Å². The van der Waals surface area contributed by atoms with Crippen LogP contribution in [0.5, 0.6) is 0 Å². The maximum atomic E-state index is 13.6. The van der Waals surface area contributed by atoms with E-state index >= 15 is 0 Å². The first-order valence-electron chi connectivity index (χ1n) is 6.68. The fourth-order valence-electron chi connectivity index (χ4n) is 2.05. The van der Waals surface area contributed by atoms with Crippen LogP contribution < -0.4 is 0 Å². The lowest BCUT2D eigenvalue weighted by Gasteiger charge is -2.23. The molecule has 0 saturated heterocycles. The average Bonchev–Trinajstić information content (AvgIpc) is 2.94. The SMILES string of the molecule is CC(Cc1cccs1)N(C)CC(=O)c1cc(F)ccc1F. The van der Waals surface area contributed by atoms with Crippen LogP contribution in [0, 0.1) is 11.6 Å². The van der Waals surface area contributed by atoms with E-state index in [9.17, 15) is 13.6 Å². The minimum atomic E-state index is -0.680. The summed E-state index contributed by atoms with van der Waals surface area (Å²) in [6.07, 6.45) is 0.826. The summed E-state index contributed by atoms with van der Waals surface area (Å²) in [5.74, 6) is -1.69. The molecule has 0 N–H and O–H groups in total. The number of carbonyl (C=O) groups excluding carboxylic acids is 1. The summed E-state index contributed by atoms with van der Waals surface area (Å²) in [4.78, 5) is 15.2. The zero-order valence-corrected chi connectivity index (χ0v) is 12.8. The molecular weight excluding hydrogens is 292 g/mol. The largest absolute Gasteiger partial charge is 0.296 e. The third-order valence-electron chi connectivity index (χ3n) is 3.45. The Morgan fingerprint density at radius 3 is 2.76 bits per heavy atom. The van der Waals surface area contributed by atoms with Gasteiger partial charge in [-0.05, 0) is 50.0 Å². The second kappa shape index (κ2) is 6.91. The van der Waals surface area contributed by atoms with E-state index in [2.05, 4.69) is 0 Å². The number of likely N-dealkylation sites (N-methyl/N-ethyl adjacent to an activating group) is 1. The zero-order chi connectivity index (χ0) is 15.4. The molecule has 0 saturated carbocycles. The number of benzene rings is 1. The minimum absolute atomic E-state index is 0.0624. The Labute approximate surface area is 127 Å². The Morgan fingerprint density at radius 1 is 1.33 bits per heavy atom. The molecule has 1 atom stereocenters. The van der Waals surface area contributed by atoms with E-state index in [1.165, 1.54) is 4.88 Å². The van der Waals surface area contributed by atoms with Crippen molar-refractivity contribution in [1.82, 2.24) is 4.90 Å². The molecule has 0 radical (unpaired) electrons. The highest BCUT2D eigenvalue weighted by molar-refractivity contribution is 7.09. The van der Waals surface area contributed by atoms with Gasteiger partial charge in [-0.25, -0.2) is 8.78 Å². The second-order valence-electron chi connectivity index (χ2n) is 5.09. The summed E-state index contributed by atoms with van der Waals surface area (Å²) >= 11 is 1.67. The Morgan fingerprint density at radius 2 is 2.10 bits per heavy atom. The number of hydrogen-bond acceptors (Lipinski definition) is 3. The molecule has 2 rings (SSSR count). The molecule has 0 amide bonds. The van der Waals surface area contributed by atoms with Crippen LogP contribution in [0.1, 0.15) is 22.2 Å². The molecule has 1 aromatic carbocycles. The van der Waals surface area contributed by atoms with Gasteiger partial charge in [0, 0.05) is 10.9 Å². The lowest BCUT2D eigenvalue weighted by molar-refractivity contribution is 0.0920. The van der Waals surface area contributed by atoms with Crippen LogP contribution in [0.2, 0.25) is 0 Å². The Hall–Kier alpha value is -1.59. The number of Topliss-reactive ketones (excluding diaryl/α,β-unsaturated/α-hetero) is 1. The molecule has 112 valence electrons. The molecule has 1 unspecified atom stereocenters. The van der Waals surface area contributed by atoms with Gasteiger partial charge in [-0.2, -0.15) is 0 Å². The van der Waals surface area contributed by atoms with E-state index in [0.29, 0.717) is 0 Å². The average molecular weight is 309 g/mol. The molecule has 1 heterocycles. The Bertz CT molecular complexity index is 613. The topological polar surface area (TPSA) is 20.3 Å². The van der Waals surface area contributed by atoms with Crippen molar-refractivity contribution >= 4 is 17.1 Å². The monoisotopic (exact) mass is 309 g/mol. The molecule has 0 aliphatic rings. The van der Waals surface area contributed by atoms with Gasteiger partial charge in [0.25, 0.3) is 0 Å². The van der Waals surface area contributed by atoms with Crippen LogP contribution >= 0.6 is 11.3 Å². The number of halogens is 2. The van der Waals surface area contributed by atoms with Crippen molar-refractivity contribution in [1.29, 1.82) is 0 Å².